The number of piperazine rings is 1. The minimum Gasteiger partial charge on any atom is -0.444 e. The zero-order valence-corrected chi connectivity index (χ0v) is 28.0. The van der Waals surface area contributed by atoms with Crippen LogP contribution in [0.5, 0.6) is 0 Å². The molecule has 0 aliphatic carbocycles. The number of carbonyl (C=O) groups is 1. The van der Waals surface area contributed by atoms with Crippen LogP contribution in [0.3, 0.4) is 0 Å². The quantitative estimate of drug-likeness (QED) is 0.227. The largest absolute Gasteiger partial charge is 0.444 e. The lowest BCUT2D eigenvalue weighted by atomic mass is 10.0. The van der Waals surface area contributed by atoms with Gasteiger partial charge >= 0.3 is 11.8 Å². The molecule has 1 aliphatic rings. The Balaban J connectivity index is 1.77. The number of hydrogen-bond acceptors (Lipinski definition) is 7. The van der Waals surface area contributed by atoms with Gasteiger partial charge in [0.15, 0.2) is 5.65 Å². The van der Waals surface area contributed by atoms with Crippen molar-refractivity contribution in [3.05, 3.63) is 81.5 Å². The molecule has 4 heterocycles. The lowest BCUT2D eigenvalue weighted by molar-refractivity contribution is 0.0192. The first kappa shape index (κ1) is 32.2. The second-order valence-electron chi connectivity index (χ2n) is 13.0. The molecule has 2 atom stereocenters. The van der Waals surface area contributed by atoms with E-state index in [1.807, 2.05) is 91.8 Å². The highest BCUT2D eigenvalue weighted by molar-refractivity contribution is 6.34. The third-order valence-corrected chi connectivity index (χ3v) is 8.27. The summed E-state index contributed by atoms with van der Waals surface area (Å²) in [6, 6.07) is 11.1. The summed E-state index contributed by atoms with van der Waals surface area (Å²) in [4.78, 5) is 45.5. The van der Waals surface area contributed by atoms with Gasteiger partial charge in [0.2, 0.25) is 0 Å². The van der Waals surface area contributed by atoms with Gasteiger partial charge in [0.25, 0.3) is 0 Å². The zero-order chi connectivity index (χ0) is 32.8. The summed E-state index contributed by atoms with van der Waals surface area (Å²) in [6.45, 7) is 20.4. The molecule has 4 aromatic rings. The molecule has 1 saturated heterocycles. The van der Waals surface area contributed by atoms with Crippen molar-refractivity contribution in [2.24, 2.45) is 0 Å². The van der Waals surface area contributed by atoms with Gasteiger partial charge in [0.05, 0.1) is 27.5 Å². The SMILES string of the molecule is C=Cc1ccccc1-c1nc2c(cc1Cl)c(N1[C@@H](C)CN(C(=O)OC(C)(C)C)C[C@@H]1C)nc(=O)n2-c1c(C)ccnc1C(C)C. The van der Waals surface area contributed by atoms with E-state index in [4.69, 9.17) is 26.3 Å². The summed E-state index contributed by atoms with van der Waals surface area (Å²) >= 11 is 7.02. The fraction of sp³-hybridized carbons (Fsp3) is 0.400. The molecule has 236 valence electrons. The molecule has 0 N–H and O–H groups in total. The van der Waals surface area contributed by atoms with E-state index in [0.29, 0.717) is 46.3 Å². The van der Waals surface area contributed by atoms with Crippen molar-refractivity contribution in [1.82, 2.24) is 24.4 Å². The Morgan fingerprint density at radius 2 is 1.78 bits per heavy atom. The molecule has 1 aromatic carbocycles. The van der Waals surface area contributed by atoms with Crippen molar-refractivity contribution in [1.29, 1.82) is 0 Å². The Kier molecular flexibility index (Phi) is 8.77. The maximum Gasteiger partial charge on any atom is 0.410 e. The first-order valence-electron chi connectivity index (χ1n) is 15.3. The molecule has 0 spiro atoms. The summed E-state index contributed by atoms with van der Waals surface area (Å²) < 4.78 is 7.23. The Hall–Kier alpha value is -4.24. The van der Waals surface area contributed by atoms with E-state index in [1.165, 1.54) is 0 Å². The number of carbonyl (C=O) groups excluding carboxylic acids is 1. The zero-order valence-electron chi connectivity index (χ0n) is 27.3. The molecule has 1 aliphatic heterocycles. The van der Waals surface area contributed by atoms with Gasteiger partial charge in [-0.25, -0.2) is 19.1 Å². The van der Waals surface area contributed by atoms with Gasteiger partial charge in [0, 0.05) is 36.9 Å². The number of amides is 1. The van der Waals surface area contributed by atoms with E-state index in [1.54, 1.807) is 21.7 Å². The van der Waals surface area contributed by atoms with Crippen LogP contribution in [0, 0.1) is 6.92 Å². The third kappa shape index (κ3) is 6.18. The van der Waals surface area contributed by atoms with Gasteiger partial charge < -0.3 is 14.5 Å². The summed E-state index contributed by atoms with van der Waals surface area (Å²) in [5.74, 6) is 0.511. The lowest BCUT2D eigenvalue weighted by Gasteiger charge is -2.45. The van der Waals surface area contributed by atoms with Crippen molar-refractivity contribution in [3.63, 3.8) is 0 Å². The van der Waals surface area contributed by atoms with Crippen LogP contribution in [0.1, 0.15) is 71.2 Å². The predicted octanol–water partition coefficient (Wildman–Crippen LogP) is 7.41. The van der Waals surface area contributed by atoms with Crippen LogP contribution in [-0.2, 0) is 4.74 Å². The smallest absolute Gasteiger partial charge is 0.410 e. The lowest BCUT2D eigenvalue weighted by Crippen LogP contribution is -2.59. The van der Waals surface area contributed by atoms with Crippen LogP contribution in [0.2, 0.25) is 5.02 Å². The summed E-state index contributed by atoms with van der Waals surface area (Å²) in [6.07, 6.45) is 3.16. The molecule has 5 rings (SSSR count). The molecule has 9 nitrogen and oxygen atoms in total. The minimum absolute atomic E-state index is 0.0377. The molecule has 1 amide bonds. The Labute approximate surface area is 269 Å². The second-order valence-corrected chi connectivity index (χ2v) is 13.4. The first-order chi connectivity index (χ1) is 21.2. The number of halogens is 1. The maximum atomic E-state index is 14.2. The fourth-order valence-electron chi connectivity index (χ4n) is 6.08. The average molecular weight is 629 g/mol. The molecular weight excluding hydrogens is 588 g/mol. The van der Waals surface area contributed by atoms with Crippen LogP contribution < -0.4 is 10.6 Å². The van der Waals surface area contributed by atoms with Crippen molar-refractivity contribution < 1.29 is 9.53 Å². The highest BCUT2D eigenvalue weighted by Crippen LogP contribution is 2.37. The molecule has 0 unspecified atom stereocenters. The molecule has 10 heteroatoms. The molecular formula is C35H41ClN6O3. The Morgan fingerprint density at radius 1 is 1.11 bits per heavy atom. The van der Waals surface area contributed by atoms with Gasteiger partial charge in [-0.15, -0.1) is 0 Å². The van der Waals surface area contributed by atoms with Crippen LogP contribution in [0.25, 0.3) is 34.1 Å². The monoisotopic (exact) mass is 628 g/mol. The van der Waals surface area contributed by atoms with Crippen molar-refractivity contribution in [2.45, 2.75) is 79.0 Å². The minimum atomic E-state index is -0.605. The molecule has 1 fully saturated rings. The van der Waals surface area contributed by atoms with E-state index in [-0.39, 0.29) is 24.1 Å². The van der Waals surface area contributed by atoms with E-state index < -0.39 is 11.3 Å². The van der Waals surface area contributed by atoms with Crippen LogP contribution in [0.4, 0.5) is 10.6 Å². The summed E-state index contributed by atoms with van der Waals surface area (Å²) in [7, 11) is 0. The predicted molar refractivity (Wildman–Crippen MR) is 182 cm³/mol. The number of pyridine rings is 2. The maximum absolute atomic E-state index is 14.2. The number of aromatic nitrogens is 4. The molecule has 0 radical (unpaired) electrons. The Morgan fingerprint density at radius 3 is 2.40 bits per heavy atom. The molecule has 0 bridgehead atoms. The first-order valence-corrected chi connectivity index (χ1v) is 15.7. The molecule has 3 aromatic heterocycles. The van der Waals surface area contributed by atoms with Gasteiger partial charge in [-0.05, 0) is 70.7 Å². The van der Waals surface area contributed by atoms with Gasteiger partial charge in [-0.1, -0.05) is 62.4 Å². The molecule has 45 heavy (non-hydrogen) atoms. The highest BCUT2D eigenvalue weighted by atomic mass is 35.5. The summed E-state index contributed by atoms with van der Waals surface area (Å²) in [5.41, 5.74) is 3.87. The van der Waals surface area contributed by atoms with Gasteiger partial charge in [-0.2, -0.15) is 4.98 Å². The van der Waals surface area contributed by atoms with Crippen molar-refractivity contribution in [2.75, 3.05) is 18.0 Å². The number of anilines is 1. The van der Waals surface area contributed by atoms with Crippen molar-refractivity contribution >= 4 is 40.6 Å². The second kappa shape index (κ2) is 12.3. The number of fused-ring (bicyclic) bond motifs is 1. The number of nitrogens with zero attached hydrogens (tertiary/aromatic N) is 6. The van der Waals surface area contributed by atoms with E-state index in [0.717, 1.165) is 22.4 Å². The number of ether oxygens (including phenoxy) is 1. The summed E-state index contributed by atoms with van der Waals surface area (Å²) in [5, 5.41) is 1.05. The number of rotatable bonds is 5. The van der Waals surface area contributed by atoms with E-state index in [2.05, 4.69) is 16.5 Å². The van der Waals surface area contributed by atoms with Crippen LogP contribution >= 0.6 is 11.6 Å². The van der Waals surface area contributed by atoms with Crippen LogP contribution in [0.15, 0.2) is 54.0 Å². The van der Waals surface area contributed by atoms with E-state index in [9.17, 15) is 9.59 Å². The molecule has 0 saturated carbocycles. The standard InChI is InChI=1S/C35H41ClN6O3/c1-10-24-13-11-12-14-25(24)29-27(36)17-26-31(38-29)42(30-21(4)15-16-37-28(30)20(2)3)33(43)39-32(26)41-22(5)18-40(19-23(41)6)34(44)45-35(7,8)9/h10-17,20,22-23H,1,18-19H2,2-9H3/t22-,23-/m0/s1. The average Bonchev–Trinajstić information content (AvgIpc) is 2.96. The normalized spacial score (nSPS) is 17.2. The van der Waals surface area contributed by atoms with E-state index >= 15 is 0 Å². The van der Waals surface area contributed by atoms with Crippen LogP contribution in [-0.4, -0.2) is 61.3 Å². The van der Waals surface area contributed by atoms with Crippen molar-refractivity contribution in [3.8, 4) is 16.9 Å². The van der Waals surface area contributed by atoms with Gasteiger partial charge in [0.1, 0.15) is 11.4 Å². The number of hydrogen-bond donors (Lipinski definition) is 0. The van der Waals surface area contributed by atoms with Gasteiger partial charge in [-0.3, -0.25) is 4.98 Å². The number of benzene rings is 1. The number of aryl methyl sites for hydroxylation is 1. The topological polar surface area (TPSA) is 93.5 Å². The highest BCUT2D eigenvalue weighted by Gasteiger charge is 2.36. The fourth-order valence-corrected chi connectivity index (χ4v) is 6.34. The Bertz CT molecular complexity index is 1830. The third-order valence-electron chi connectivity index (χ3n) is 7.98.